The molecule has 0 atom stereocenters. The van der Waals surface area contributed by atoms with Crippen molar-refractivity contribution in [1.29, 1.82) is 0 Å². The van der Waals surface area contributed by atoms with Crippen molar-refractivity contribution in [3.05, 3.63) is 144 Å². The maximum atomic E-state index is 4.41. The summed E-state index contributed by atoms with van der Waals surface area (Å²) in [5.41, 5.74) is 4.01. The summed E-state index contributed by atoms with van der Waals surface area (Å²) >= 11 is 0. The smallest absolute Gasteiger partial charge is 0.0886 e. The largest absolute Gasteiger partial charge is 0.253 e. The fraction of sp³-hybridized carbons (Fsp3) is 0. The Kier molecular flexibility index (Phi) is 7.33. The molecule has 0 saturated heterocycles. The summed E-state index contributed by atoms with van der Waals surface area (Å²) in [6.07, 6.45) is 11.5. The van der Waals surface area contributed by atoms with E-state index in [-0.39, 0.29) is 0 Å². The Balaban J connectivity index is 0.000000203. The minimum absolute atomic E-state index is 0.860. The Morgan fingerprint density at radius 1 is 0.375 bits per heavy atom. The fourth-order valence-electron chi connectivity index (χ4n) is 3.23. The van der Waals surface area contributed by atoms with Gasteiger partial charge in [0, 0.05) is 12.4 Å². The summed E-state index contributed by atoms with van der Waals surface area (Å²) in [5, 5.41) is 2.62. The van der Waals surface area contributed by atoms with Gasteiger partial charge in [0.05, 0.1) is 11.4 Å². The Bertz CT molecular complexity index is 1170. The number of rotatable bonds is 4. The lowest BCUT2D eigenvalue weighted by atomic mass is 10.1. The fourth-order valence-corrected chi connectivity index (χ4v) is 3.23. The molecule has 5 rings (SSSR count). The average Bonchev–Trinajstić information content (AvgIpc) is 2.88. The predicted octanol–water partition coefficient (Wildman–Crippen LogP) is 7.66. The quantitative estimate of drug-likeness (QED) is 0.303. The van der Waals surface area contributed by atoms with E-state index < -0.39 is 0 Å². The van der Waals surface area contributed by atoms with E-state index in [1.165, 1.54) is 10.8 Å². The topological polar surface area (TPSA) is 25.8 Å². The molecule has 0 amide bonds. The predicted molar refractivity (Wildman–Crippen MR) is 137 cm³/mol. The molecule has 0 bridgehead atoms. The van der Waals surface area contributed by atoms with E-state index in [4.69, 9.17) is 0 Å². The molecule has 154 valence electrons. The Hall–Kier alpha value is -4.30. The van der Waals surface area contributed by atoms with Crippen LogP contribution in [0.2, 0.25) is 0 Å². The maximum absolute atomic E-state index is 4.41. The average molecular weight is 413 g/mol. The van der Waals surface area contributed by atoms with Crippen molar-refractivity contribution in [3.8, 4) is 0 Å². The molecule has 0 aliphatic carbocycles. The monoisotopic (exact) mass is 412 g/mol. The zero-order chi connectivity index (χ0) is 21.8. The van der Waals surface area contributed by atoms with Crippen molar-refractivity contribution in [1.82, 2.24) is 9.97 Å². The van der Waals surface area contributed by atoms with Crippen LogP contribution in [0.5, 0.6) is 0 Å². The summed E-state index contributed by atoms with van der Waals surface area (Å²) in [6.45, 7) is 0. The van der Waals surface area contributed by atoms with Crippen LogP contribution in [0.4, 0.5) is 0 Å². The molecule has 0 aliphatic heterocycles. The minimum Gasteiger partial charge on any atom is -0.253 e. The first-order chi connectivity index (χ1) is 15.9. The highest BCUT2D eigenvalue weighted by Crippen LogP contribution is 2.13. The highest BCUT2D eigenvalue weighted by Gasteiger charge is 1.98. The molecule has 1 aromatic heterocycles. The van der Waals surface area contributed by atoms with Gasteiger partial charge in [-0.1, -0.05) is 121 Å². The number of fused-ring (bicyclic) bond motifs is 1. The molecule has 4 aromatic carbocycles. The Morgan fingerprint density at radius 3 is 1.09 bits per heavy atom. The van der Waals surface area contributed by atoms with Crippen LogP contribution in [0.15, 0.2) is 122 Å². The summed E-state index contributed by atoms with van der Waals surface area (Å²) in [7, 11) is 0. The lowest BCUT2D eigenvalue weighted by molar-refractivity contribution is 1.16. The van der Waals surface area contributed by atoms with Crippen LogP contribution in [0, 0.1) is 0 Å². The SMILES string of the molecule is C(=C\c1nccnc1/C=C/c1ccccc1)/c1ccccc1.c1ccc2ccccc2c1. The van der Waals surface area contributed by atoms with Gasteiger partial charge in [-0.2, -0.15) is 0 Å². The molecular formula is C30H24N2. The third kappa shape index (κ3) is 6.10. The third-order valence-electron chi connectivity index (χ3n) is 4.88. The van der Waals surface area contributed by atoms with Gasteiger partial charge in [0.1, 0.15) is 0 Å². The van der Waals surface area contributed by atoms with Gasteiger partial charge in [-0.15, -0.1) is 0 Å². The summed E-state index contributed by atoms with van der Waals surface area (Å²) < 4.78 is 0. The van der Waals surface area contributed by atoms with E-state index in [1.807, 2.05) is 60.7 Å². The van der Waals surface area contributed by atoms with Crippen molar-refractivity contribution >= 4 is 35.1 Å². The van der Waals surface area contributed by atoms with Crippen LogP contribution in [-0.4, -0.2) is 9.97 Å². The second-order valence-corrected chi connectivity index (χ2v) is 7.16. The van der Waals surface area contributed by atoms with E-state index in [0.717, 1.165) is 22.5 Å². The number of benzene rings is 4. The molecule has 32 heavy (non-hydrogen) atoms. The molecule has 0 saturated carbocycles. The van der Waals surface area contributed by atoms with Crippen LogP contribution in [0.25, 0.3) is 35.1 Å². The van der Waals surface area contributed by atoms with Crippen molar-refractivity contribution in [2.45, 2.75) is 0 Å². The number of aromatic nitrogens is 2. The van der Waals surface area contributed by atoms with Crippen LogP contribution in [0.1, 0.15) is 22.5 Å². The summed E-state index contributed by atoms with van der Waals surface area (Å²) in [6, 6.07) is 37.1. The van der Waals surface area contributed by atoms with Crippen molar-refractivity contribution in [3.63, 3.8) is 0 Å². The number of hydrogen-bond donors (Lipinski definition) is 0. The van der Waals surface area contributed by atoms with Crippen LogP contribution >= 0.6 is 0 Å². The molecular weight excluding hydrogens is 388 g/mol. The van der Waals surface area contributed by atoms with Gasteiger partial charge < -0.3 is 0 Å². The third-order valence-corrected chi connectivity index (χ3v) is 4.88. The van der Waals surface area contributed by atoms with E-state index in [1.54, 1.807) is 12.4 Å². The van der Waals surface area contributed by atoms with Gasteiger partial charge in [-0.25, -0.2) is 0 Å². The van der Waals surface area contributed by atoms with E-state index in [9.17, 15) is 0 Å². The second kappa shape index (κ2) is 11.2. The van der Waals surface area contributed by atoms with Gasteiger partial charge in [0.15, 0.2) is 0 Å². The van der Waals surface area contributed by atoms with Gasteiger partial charge in [-0.05, 0) is 34.1 Å². The first kappa shape index (κ1) is 21.0. The molecule has 0 aliphatic rings. The van der Waals surface area contributed by atoms with E-state index >= 15 is 0 Å². The van der Waals surface area contributed by atoms with Crippen LogP contribution in [0.3, 0.4) is 0 Å². The molecule has 0 spiro atoms. The van der Waals surface area contributed by atoms with Gasteiger partial charge in [-0.3, -0.25) is 9.97 Å². The van der Waals surface area contributed by atoms with Gasteiger partial charge >= 0.3 is 0 Å². The molecule has 0 N–H and O–H groups in total. The summed E-state index contributed by atoms with van der Waals surface area (Å²) in [4.78, 5) is 8.81. The lowest BCUT2D eigenvalue weighted by Gasteiger charge is -1.99. The summed E-state index contributed by atoms with van der Waals surface area (Å²) in [5.74, 6) is 0. The Labute approximate surface area is 189 Å². The second-order valence-electron chi connectivity index (χ2n) is 7.16. The first-order valence-corrected chi connectivity index (χ1v) is 10.6. The van der Waals surface area contributed by atoms with Gasteiger partial charge in [0.2, 0.25) is 0 Å². The van der Waals surface area contributed by atoms with Crippen LogP contribution < -0.4 is 0 Å². The highest BCUT2D eigenvalue weighted by atomic mass is 14.8. The van der Waals surface area contributed by atoms with Crippen molar-refractivity contribution in [2.24, 2.45) is 0 Å². The zero-order valence-corrected chi connectivity index (χ0v) is 17.8. The molecule has 5 aromatic rings. The normalized spacial score (nSPS) is 10.9. The molecule has 0 unspecified atom stereocenters. The van der Waals surface area contributed by atoms with Crippen LogP contribution in [-0.2, 0) is 0 Å². The van der Waals surface area contributed by atoms with E-state index in [2.05, 4.69) is 82.8 Å². The lowest BCUT2D eigenvalue weighted by Crippen LogP contribution is -1.89. The highest BCUT2D eigenvalue weighted by molar-refractivity contribution is 5.82. The molecule has 2 nitrogen and oxygen atoms in total. The molecule has 0 radical (unpaired) electrons. The number of nitrogens with zero attached hydrogens (tertiary/aromatic N) is 2. The maximum Gasteiger partial charge on any atom is 0.0886 e. The molecule has 2 heteroatoms. The molecule has 1 heterocycles. The van der Waals surface area contributed by atoms with Crippen molar-refractivity contribution in [2.75, 3.05) is 0 Å². The number of hydrogen-bond acceptors (Lipinski definition) is 2. The standard InChI is InChI=1S/C20H16N2.C10H8/c1-3-7-17(8-4-1)11-13-19-20(22-16-15-21-19)14-12-18-9-5-2-6-10-18;1-2-6-10-8-4-3-7-9(10)5-1/h1-16H;1-8H/b13-11+,14-12+;. The first-order valence-electron chi connectivity index (χ1n) is 10.6. The van der Waals surface area contributed by atoms with Crippen molar-refractivity contribution < 1.29 is 0 Å². The van der Waals surface area contributed by atoms with Gasteiger partial charge in [0.25, 0.3) is 0 Å². The molecule has 0 fully saturated rings. The Morgan fingerprint density at radius 2 is 0.719 bits per heavy atom. The minimum atomic E-state index is 0.860. The van der Waals surface area contributed by atoms with E-state index in [0.29, 0.717) is 0 Å². The zero-order valence-electron chi connectivity index (χ0n) is 17.8.